The van der Waals surface area contributed by atoms with E-state index in [9.17, 15) is 14.4 Å². The first kappa shape index (κ1) is 18.9. The van der Waals surface area contributed by atoms with Crippen LogP contribution < -0.4 is 10.6 Å². The molecule has 120 valence electrons. The highest BCUT2D eigenvalue weighted by Gasteiger charge is 2.19. The van der Waals surface area contributed by atoms with Crippen LogP contribution in [-0.4, -0.2) is 42.6 Å². The number of carbonyl (C=O) groups is 3. The molecule has 0 saturated heterocycles. The molecule has 21 heavy (non-hydrogen) atoms. The van der Waals surface area contributed by atoms with E-state index in [-0.39, 0.29) is 5.78 Å². The lowest BCUT2D eigenvalue weighted by atomic mass is 10.2. The molecule has 7 heteroatoms. The largest absolute Gasteiger partial charge is 0.467 e. The second-order valence-corrected chi connectivity index (χ2v) is 5.52. The van der Waals surface area contributed by atoms with Crippen LogP contribution in [-0.2, 0) is 19.1 Å². The summed E-state index contributed by atoms with van der Waals surface area (Å²) < 4.78 is 9.57. The van der Waals surface area contributed by atoms with Crippen LogP contribution >= 0.6 is 0 Å². The smallest absolute Gasteiger partial charge is 0.408 e. The van der Waals surface area contributed by atoms with Crippen molar-refractivity contribution >= 4 is 17.8 Å². The zero-order valence-electron chi connectivity index (χ0n) is 13.4. The summed E-state index contributed by atoms with van der Waals surface area (Å²) in [5, 5.41) is 5.12. The van der Waals surface area contributed by atoms with Crippen molar-refractivity contribution in [2.24, 2.45) is 0 Å². The molecule has 0 unspecified atom stereocenters. The number of carbonyl (C=O) groups excluding carboxylic acids is 3. The average molecular weight is 300 g/mol. The molecule has 0 aliphatic heterocycles. The van der Waals surface area contributed by atoms with E-state index in [1.807, 2.05) is 0 Å². The van der Waals surface area contributed by atoms with Crippen LogP contribution in [0.3, 0.4) is 0 Å². The number of amides is 1. The van der Waals surface area contributed by atoms with E-state index in [1.165, 1.54) is 19.4 Å². The fourth-order valence-corrected chi connectivity index (χ4v) is 1.22. The Bertz CT molecular complexity index is 412. The van der Waals surface area contributed by atoms with Gasteiger partial charge >= 0.3 is 12.1 Å². The van der Waals surface area contributed by atoms with E-state index >= 15 is 0 Å². The molecule has 0 fully saturated rings. The predicted molar refractivity (Wildman–Crippen MR) is 77.6 cm³/mol. The first-order valence-electron chi connectivity index (χ1n) is 6.60. The molecular formula is C14H24N2O5. The zero-order valence-corrected chi connectivity index (χ0v) is 13.4. The Hall–Kier alpha value is -2.05. The van der Waals surface area contributed by atoms with Crippen molar-refractivity contribution in [1.29, 1.82) is 0 Å². The summed E-state index contributed by atoms with van der Waals surface area (Å²) in [5.74, 6) is -0.766. The Balaban J connectivity index is 4.27. The highest BCUT2D eigenvalue weighted by Crippen LogP contribution is 2.06. The third-order valence-corrected chi connectivity index (χ3v) is 2.31. The van der Waals surface area contributed by atoms with Crippen molar-refractivity contribution in [3.8, 4) is 0 Å². The third kappa shape index (κ3) is 8.67. The van der Waals surface area contributed by atoms with Crippen molar-refractivity contribution in [1.82, 2.24) is 10.6 Å². The van der Waals surface area contributed by atoms with Gasteiger partial charge in [-0.3, -0.25) is 4.79 Å². The third-order valence-electron chi connectivity index (χ3n) is 2.31. The maximum Gasteiger partial charge on any atom is 0.408 e. The molecule has 2 N–H and O–H groups in total. The molecule has 0 radical (unpaired) electrons. The summed E-state index contributed by atoms with van der Waals surface area (Å²) in [6.45, 7) is 8.34. The van der Waals surface area contributed by atoms with Crippen LogP contribution in [0.4, 0.5) is 4.79 Å². The lowest BCUT2D eigenvalue weighted by molar-refractivity contribution is -0.142. The molecule has 7 nitrogen and oxygen atoms in total. The van der Waals surface area contributed by atoms with E-state index in [1.54, 1.807) is 34.6 Å². The van der Waals surface area contributed by atoms with Gasteiger partial charge in [0.25, 0.3) is 0 Å². The number of hydrogen-bond acceptors (Lipinski definition) is 6. The van der Waals surface area contributed by atoms with Gasteiger partial charge in [-0.25, -0.2) is 9.59 Å². The van der Waals surface area contributed by atoms with E-state index in [4.69, 9.17) is 4.74 Å². The summed E-state index contributed by atoms with van der Waals surface area (Å²) in [5.41, 5.74) is -0.625. The number of alkyl carbamates (subject to hydrolysis) is 1. The van der Waals surface area contributed by atoms with Gasteiger partial charge in [0.2, 0.25) is 0 Å². The normalized spacial score (nSPS) is 14.2. The van der Waals surface area contributed by atoms with Crippen LogP contribution in [0.15, 0.2) is 12.3 Å². The number of nitrogens with one attached hydrogen (secondary N) is 2. The van der Waals surface area contributed by atoms with Gasteiger partial charge in [-0.05, 0) is 40.7 Å². The van der Waals surface area contributed by atoms with Crippen LogP contribution in [0.2, 0.25) is 0 Å². The Morgan fingerprint density at radius 1 is 1.10 bits per heavy atom. The molecule has 0 spiro atoms. The minimum absolute atomic E-state index is 0.328. The lowest BCUT2D eigenvalue weighted by Crippen LogP contribution is -2.41. The molecule has 0 aromatic rings. The zero-order chi connectivity index (χ0) is 16.6. The number of methoxy groups -OCH3 is 1. The fourth-order valence-electron chi connectivity index (χ4n) is 1.22. The second kappa shape index (κ2) is 8.28. The van der Waals surface area contributed by atoms with Crippen LogP contribution in [0.1, 0.15) is 34.6 Å². The van der Waals surface area contributed by atoms with Crippen molar-refractivity contribution in [3.63, 3.8) is 0 Å². The van der Waals surface area contributed by atoms with Crippen LogP contribution in [0.25, 0.3) is 0 Å². The predicted octanol–water partition coefficient (Wildman–Crippen LogP) is 1.13. The molecule has 0 bridgehead atoms. The molecule has 0 rings (SSSR count). The maximum absolute atomic E-state index is 11.8. The monoisotopic (exact) mass is 300 g/mol. The van der Waals surface area contributed by atoms with Gasteiger partial charge in [-0.2, -0.15) is 0 Å². The minimum atomic E-state index is -0.730. The summed E-state index contributed by atoms with van der Waals surface area (Å²) in [7, 11) is 1.28. The lowest BCUT2D eigenvalue weighted by Gasteiger charge is -2.21. The number of hydrogen-bond donors (Lipinski definition) is 2. The quantitative estimate of drug-likeness (QED) is 0.564. The topological polar surface area (TPSA) is 93.7 Å². The van der Waals surface area contributed by atoms with Crippen LogP contribution in [0, 0.1) is 0 Å². The highest BCUT2D eigenvalue weighted by atomic mass is 16.6. The average Bonchev–Trinajstić information content (AvgIpc) is 2.34. The first-order valence-corrected chi connectivity index (χ1v) is 6.60. The maximum atomic E-state index is 11.8. The number of ether oxygens (including phenoxy) is 2. The Morgan fingerprint density at radius 2 is 1.67 bits per heavy atom. The minimum Gasteiger partial charge on any atom is -0.467 e. The molecule has 0 heterocycles. The van der Waals surface area contributed by atoms with Crippen molar-refractivity contribution in [3.05, 3.63) is 12.3 Å². The Kier molecular flexibility index (Phi) is 7.48. The van der Waals surface area contributed by atoms with E-state index in [2.05, 4.69) is 15.4 Å². The van der Waals surface area contributed by atoms with Crippen LogP contribution in [0.5, 0.6) is 0 Å². The van der Waals surface area contributed by atoms with Gasteiger partial charge in [0.15, 0.2) is 5.78 Å². The Morgan fingerprint density at radius 3 is 2.14 bits per heavy atom. The van der Waals surface area contributed by atoms with E-state index < -0.39 is 29.7 Å². The first-order chi connectivity index (χ1) is 9.56. The molecule has 1 amide bonds. The van der Waals surface area contributed by atoms with Crippen molar-refractivity contribution < 1.29 is 23.9 Å². The van der Waals surface area contributed by atoms with E-state index in [0.717, 1.165) is 0 Å². The summed E-state index contributed by atoms with van der Waals surface area (Å²) >= 11 is 0. The number of esters is 1. The van der Waals surface area contributed by atoms with Gasteiger partial charge in [0.1, 0.15) is 11.6 Å². The van der Waals surface area contributed by atoms with Gasteiger partial charge in [-0.15, -0.1) is 0 Å². The fraction of sp³-hybridized carbons (Fsp3) is 0.643. The van der Waals surface area contributed by atoms with E-state index in [0.29, 0.717) is 0 Å². The van der Waals surface area contributed by atoms with Crippen molar-refractivity contribution in [2.45, 2.75) is 52.3 Å². The molecule has 0 aliphatic rings. The standard InChI is InChI=1S/C14H24N2O5/c1-9(16-13(19)21-14(3,4)5)11(17)7-8-15-10(2)12(18)20-6/h7-10,15H,1-6H3,(H,16,19)/b8-7-/t9-,10-/m0/s1. The number of rotatable bonds is 6. The molecule has 0 aromatic heterocycles. The van der Waals surface area contributed by atoms with Gasteiger partial charge in [0.05, 0.1) is 13.2 Å². The second-order valence-electron chi connectivity index (χ2n) is 5.52. The van der Waals surface area contributed by atoms with Gasteiger partial charge < -0.3 is 20.1 Å². The summed E-state index contributed by atoms with van der Waals surface area (Å²) in [4.78, 5) is 34.4. The molecule has 2 atom stereocenters. The molecule has 0 aliphatic carbocycles. The SMILES string of the molecule is COC(=O)[C@H](C)N/C=C\C(=O)[C@H](C)NC(=O)OC(C)(C)C. The van der Waals surface area contributed by atoms with Crippen molar-refractivity contribution in [2.75, 3.05) is 7.11 Å². The highest BCUT2D eigenvalue weighted by molar-refractivity contribution is 5.95. The summed E-state index contributed by atoms with van der Waals surface area (Å²) in [6, 6.07) is -1.29. The number of ketones is 1. The van der Waals surface area contributed by atoms with Gasteiger partial charge in [0, 0.05) is 6.20 Å². The molecule has 0 aromatic carbocycles. The molecular weight excluding hydrogens is 276 g/mol. The Labute approximate surface area is 125 Å². The molecule has 0 saturated carbocycles. The summed E-state index contributed by atoms with van der Waals surface area (Å²) in [6.07, 6.45) is 1.92. The van der Waals surface area contributed by atoms with Gasteiger partial charge in [-0.1, -0.05) is 0 Å².